The van der Waals surface area contributed by atoms with Crippen molar-refractivity contribution >= 4 is 29.5 Å². The molecule has 15 heterocycles. The summed E-state index contributed by atoms with van der Waals surface area (Å²) in [5.74, 6) is -1.56. The number of likely N-dealkylation sites (tertiary alicyclic amines) is 5. The maximum absolute atomic E-state index is 13.4. The highest BCUT2D eigenvalue weighted by atomic mass is 19.4. The highest BCUT2D eigenvalue weighted by Gasteiger charge is 2.45. The number of piperidine rings is 5. The molecule has 5 N–H and O–H groups in total. The maximum Gasteiger partial charge on any atom is 0.416 e. The standard InChI is InChI=1S/C23H29F3N4O.C22H27F3N4O.2C21H25F3N4O.C20H23F3N4O/c1-2-11-29-12-5-8-20-18(15-29)21(28-27-20)22(31)30-13-9-16(10-14-30)17-6-3-4-7-19(17)23(24,25)26;1-2-10-28-11-9-19-17(14-28)20(27-26-19)21(30)29-12-7-15(8-13-29)16-5-3-4-6-18(16)22(23,24)25;1-2-27-10-9-18-16(13-27)19(26-25-18)20(29)28-11-7-14(8-12-28)15-5-3-4-6-17(15)21(22,23)24;1-2-27-10-9-16-18(13-27)25-26-19(16)20(29)28-11-7-14(8-12-28)15-5-3-4-6-17(15)21(22,23)24;1-2-26-11-15-17(12-26)24-25-18(15)19(28)27-9-7-13(8-10-27)14-5-3-4-6-16(14)20(21,22)23/h3-4,6-7,16H,2,5,8-15H2,1H3,(H,27,28);3-6,15H,2,7-14H2,1H3,(H,26,27);2*3-6,14H,2,7-13H2,1H3,(H,25,26);3-6,13H,2,7-12H2,1H3,(H,24,25). The largest absolute Gasteiger partial charge is 0.416 e. The van der Waals surface area contributed by atoms with E-state index in [0.717, 1.165) is 217 Å². The Morgan fingerprint density at radius 2 is 0.476 bits per heavy atom. The number of aromatic amines is 5. The highest BCUT2D eigenvalue weighted by molar-refractivity contribution is 5.97. The first-order valence-electron chi connectivity index (χ1n) is 51.6. The van der Waals surface area contributed by atoms with Crippen molar-refractivity contribution in [1.29, 1.82) is 0 Å². The minimum absolute atomic E-state index is 0.113. The molecule has 10 aromatic rings. The zero-order valence-corrected chi connectivity index (χ0v) is 83.6. The molecule has 5 aromatic carbocycles. The topological polar surface area (TPSA) is 261 Å². The molecule has 0 aliphatic carbocycles. The first-order chi connectivity index (χ1) is 70.4. The van der Waals surface area contributed by atoms with E-state index in [-0.39, 0.29) is 59.1 Å². The fourth-order valence-corrected chi connectivity index (χ4v) is 22.8. The van der Waals surface area contributed by atoms with Crippen molar-refractivity contribution in [2.75, 3.05) is 124 Å². The van der Waals surface area contributed by atoms with E-state index in [1.807, 2.05) is 0 Å². The number of benzene rings is 5. The summed E-state index contributed by atoms with van der Waals surface area (Å²) in [4.78, 5) is 85.5. The molecule has 25 nitrogen and oxygen atoms in total. The lowest BCUT2D eigenvalue weighted by molar-refractivity contribution is -0.139. The third-order valence-corrected chi connectivity index (χ3v) is 30.9. The van der Waals surface area contributed by atoms with Crippen LogP contribution in [-0.4, -0.2) is 254 Å². The second-order valence-corrected chi connectivity index (χ2v) is 39.9. The Balaban J connectivity index is 0.000000131. The molecule has 147 heavy (non-hydrogen) atoms. The van der Waals surface area contributed by atoms with Crippen LogP contribution in [0.5, 0.6) is 0 Å². The second-order valence-electron chi connectivity index (χ2n) is 39.9. The number of amides is 5. The molecule has 792 valence electrons. The van der Waals surface area contributed by atoms with E-state index >= 15 is 0 Å². The monoisotopic (exact) mass is 2060 g/mol. The van der Waals surface area contributed by atoms with Crippen LogP contribution in [0.3, 0.4) is 0 Å². The van der Waals surface area contributed by atoms with Crippen molar-refractivity contribution in [3.05, 3.63) is 262 Å². The molecule has 10 aliphatic heterocycles. The Bertz CT molecular complexity index is 6150. The number of carbonyl (C=O) groups is 5. The minimum Gasteiger partial charge on any atom is -0.337 e. The van der Waals surface area contributed by atoms with E-state index in [9.17, 15) is 89.8 Å². The van der Waals surface area contributed by atoms with Gasteiger partial charge in [0.2, 0.25) is 0 Å². The van der Waals surface area contributed by atoms with Crippen LogP contribution in [-0.2, 0) is 95.8 Å². The maximum atomic E-state index is 13.4. The van der Waals surface area contributed by atoms with Gasteiger partial charge in [0.25, 0.3) is 29.5 Å². The molecule has 0 spiro atoms. The number of carbonyl (C=O) groups excluding carboxylic acids is 5. The van der Waals surface area contributed by atoms with E-state index < -0.39 is 58.7 Å². The lowest BCUT2D eigenvalue weighted by Gasteiger charge is -2.33. The van der Waals surface area contributed by atoms with Crippen molar-refractivity contribution in [2.45, 2.75) is 244 Å². The summed E-state index contributed by atoms with van der Waals surface area (Å²) in [6.07, 6.45) is -10.1. The first-order valence-corrected chi connectivity index (χ1v) is 51.6. The number of likely N-dealkylation sites (N-methyl/N-ethyl adjacent to an activating group) is 2. The summed E-state index contributed by atoms with van der Waals surface area (Å²) in [6, 6.07) is 28.9. The van der Waals surface area contributed by atoms with E-state index in [1.54, 1.807) is 85.2 Å². The predicted octanol–water partition coefficient (Wildman–Crippen LogP) is 20.3. The fourth-order valence-electron chi connectivity index (χ4n) is 22.8. The van der Waals surface area contributed by atoms with E-state index in [1.165, 1.54) is 30.3 Å². The van der Waals surface area contributed by atoms with Crippen molar-refractivity contribution < 1.29 is 89.8 Å². The number of fused-ring (bicyclic) bond motifs is 5. The second kappa shape index (κ2) is 47.0. The average molecular weight is 2060 g/mol. The molecule has 5 fully saturated rings. The number of H-pyrrole nitrogens is 5. The third-order valence-electron chi connectivity index (χ3n) is 30.9. The van der Waals surface area contributed by atoms with Gasteiger partial charge in [-0.2, -0.15) is 91.3 Å². The molecule has 5 aromatic heterocycles. The van der Waals surface area contributed by atoms with Crippen molar-refractivity contribution in [3.8, 4) is 0 Å². The number of hydrogen-bond acceptors (Lipinski definition) is 15. The zero-order valence-electron chi connectivity index (χ0n) is 83.6. The van der Waals surface area contributed by atoms with Gasteiger partial charge in [-0.1, -0.05) is 126 Å². The smallest absolute Gasteiger partial charge is 0.337 e. The fraction of sp³-hybridized carbons (Fsp3) is 0.533. The van der Waals surface area contributed by atoms with Gasteiger partial charge in [0.1, 0.15) is 0 Å². The van der Waals surface area contributed by atoms with Gasteiger partial charge in [0.05, 0.1) is 39.2 Å². The molecule has 0 atom stereocenters. The summed E-state index contributed by atoms with van der Waals surface area (Å²) in [6.45, 7) is 27.9. The van der Waals surface area contributed by atoms with Crippen molar-refractivity contribution in [1.82, 2.24) is 100.0 Å². The predicted molar refractivity (Wildman–Crippen MR) is 522 cm³/mol. The van der Waals surface area contributed by atoms with Crippen LogP contribution in [0.4, 0.5) is 65.9 Å². The van der Waals surface area contributed by atoms with Crippen molar-refractivity contribution in [2.24, 2.45) is 0 Å². The summed E-state index contributed by atoms with van der Waals surface area (Å²) >= 11 is 0. The van der Waals surface area contributed by atoms with Crippen LogP contribution < -0.4 is 0 Å². The van der Waals surface area contributed by atoms with Gasteiger partial charge in [-0.05, 0) is 223 Å². The molecule has 5 amide bonds. The van der Waals surface area contributed by atoms with Crippen LogP contribution in [0.1, 0.15) is 312 Å². The van der Waals surface area contributed by atoms with Crippen LogP contribution >= 0.6 is 0 Å². The lowest BCUT2D eigenvalue weighted by Crippen LogP contribution is -2.39. The SMILES string of the molecule is CCCN1CCCc2[nH]nc(C(=O)N3CCC(c4ccccc4C(F)(F)F)CC3)c2C1.CCCN1CCc2[nH]nc(C(=O)N3CCC(c4ccccc4C(F)(F)F)CC3)c2C1.CCN1CCc2[nH]nc(C(=O)N3CCC(c4ccccc4C(F)(F)F)CC3)c2C1.CCN1CCc2c(C(=O)N3CCC(c4ccccc4C(F)(F)F)CC3)n[nH]c2C1.CCN1Cc2[nH]nc(C(=O)N3CCC(c4ccccc4C(F)(F)F)CC3)c2C1. The van der Waals surface area contributed by atoms with Gasteiger partial charge in [-0.15, -0.1) is 0 Å². The minimum atomic E-state index is -4.36. The van der Waals surface area contributed by atoms with Gasteiger partial charge >= 0.3 is 30.9 Å². The van der Waals surface area contributed by atoms with E-state index in [2.05, 4.69) is 110 Å². The van der Waals surface area contributed by atoms with Crippen LogP contribution in [0.2, 0.25) is 0 Å². The van der Waals surface area contributed by atoms with E-state index in [4.69, 9.17) is 0 Å². The molecular formula is C107H129F15N20O5. The number of nitrogens with zero attached hydrogens (tertiary/aromatic N) is 15. The van der Waals surface area contributed by atoms with E-state index in [0.29, 0.717) is 199 Å². The quantitative estimate of drug-likeness (QED) is 0.0531. The number of nitrogens with one attached hydrogen (secondary N) is 5. The van der Waals surface area contributed by atoms with Gasteiger partial charge in [-0.3, -0.25) is 74.0 Å². The summed E-state index contributed by atoms with van der Waals surface area (Å²) in [5.41, 5.74) is 11.2. The normalized spacial score (nSPS) is 18.6. The van der Waals surface area contributed by atoms with Crippen molar-refractivity contribution in [3.63, 3.8) is 0 Å². The molecule has 0 radical (unpaired) electrons. The number of aromatic nitrogens is 10. The van der Waals surface area contributed by atoms with Crippen LogP contribution in [0, 0.1) is 0 Å². The number of aryl methyl sites for hydroxylation is 1. The third kappa shape index (κ3) is 25.2. The Labute approximate surface area is 844 Å². The van der Waals surface area contributed by atoms with Gasteiger partial charge in [0, 0.05) is 182 Å². The summed E-state index contributed by atoms with van der Waals surface area (Å²) in [7, 11) is 0. The summed E-state index contributed by atoms with van der Waals surface area (Å²) in [5, 5.41) is 36.4. The average Bonchev–Trinajstić information content (AvgIpc) is 1.33. The molecule has 5 saturated heterocycles. The number of halogens is 15. The van der Waals surface area contributed by atoms with Gasteiger partial charge in [0.15, 0.2) is 28.5 Å². The Hall–Kier alpha value is -11.8. The Morgan fingerprint density at radius 3 is 0.762 bits per heavy atom. The number of hydrogen-bond donors (Lipinski definition) is 5. The molecule has 40 heteroatoms. The Kier molecular flexibility index (Phi) is 34.5. The number of rotatable bonds is 17. The molecule has 10 aliphatic rings. The Morgan fingerprint density at radius 1 is 0.259 bits per heavy atom. The molecule has 0 saturated carbocycles. The van der Waals surface area contributed by atoms with Crippen LogP contribution in [0.25, 0.3) is 0 Å². The highest BCUT2D eigenvalue weighted by Crippen LogP contribution is 2.47. The van der Waals surface area contributed by atoms with Gasteiger partial charge in [-0.25, -0.2) is 0 Å². The lowest BCUT2D eigenvalue weighted by atomic mass is 9.86. The molecule has 0 unspecified atom stereocenters. The van der Waals surface area contributed by atoms with Crippen LogP contribution in [0.15, 0.2) is 121 Å². The van der Waals surface area contributed by atoms with Gasteiger partial charge < -0.3 is 24.5 Å². The molecular weight excluding hydrogens is 1930 g/mol. The zero-order chi connectivity index (χ0) is 104. The molecule has 0 bridgehead atoms. The summed E-state index contributed by atoms with van der Waals surface area (Å²) < 4.78 is 200. The number of alkyl halides is 15. The molecule has 20 rings (SSSR count). The first kappa shape index (κ1) is 108.